The number of carbonyl (C=O) groups is 1. The number of anilines is 1. The largest absolute Gasteiger partial charge is 0.275 e. The van der Waals surface area contributed by atoms with Gasteiger partial charge in [0.15, 0.2) is 0 Å². The van der Waals surface area contributed by atoms with Gasteiger partial charge in [0.05, 0.1) is 35.6 Å². The number of carbonyl (C=O) groups excluding carboxylic acids is 1. The number of hydrazone groups is 1. The van der Waals surface area contributed by atoms with Gasteiger partial charge < -0.3 is 0 Å². The average molecular weight is 265 g/mol. The Bertz CT molecular complexity index is 736. The third kappa shape index (κ3) is 2.06. The van der Waals surface area contributed by atoms with Crippen molar-refractivity contribution in [2.75, 3.05) is 5.01 Å². The molecule has 2 heterocycles. The first kappa shape index (κ1) is 12.1. The summed E-state index contributed by atoms with van der Waals surface area (Å²) >= 11 is 0. The van der Waals surface area contributed by atoms with Gasteiger partial charge in [-0.05, 0) is 24.3 Å². The van der Waals surface area contributed by atoms with Crippen molar-refractivity contribution in [2.24, 2.45) is 12.1 Å². The van der Waals surface area contributed by atoms with Crippen LogP contribution in [0.5, 0.6) is 0 Å². The molecule has 1 aromatic carbocycles. The minimum Gasteiger partial charge on any atom is -0.275 e. The minimum atomic E-state index is -0.0893. The summed E-state index contributed by atoms with van der Waals surface area (Å²) in [7, 11) is 1.82. The molecule has 0 N–H and O–H groups in total. The fraction of sp³-hybridized carbons (Fsp3) is 0.143. The van der Waals surface area contributed by atoms with Crippen LogP contribution in [0.4, 0.5) is 5.69 Å². The Hall–Kier alpha value is -2.94. The lowest BCUT2D eigenvalue weighted by molar-refractivity contribution is -0.116. The quantitative estimate of drug-likeness (QED) is 0.824. The van der Waals surface area contributed by atoms with Crippen molar-refractivity contribution in [2.45, 2.75) is 6.42 Å². The normalized spacial score (nSPS) is 14.3. The number of aromatic nitrogens is 2. The number of benzene rings is 1. The molecule has 0 aliphatic carbocycles. The molecular weight excluding hydrogens is 254 g/mol. The van der Waals surface area contributed by atoms with Gasteiger partial charge in [0.1, 0.15) is 0 Å². The predicted molar refractivity (Wildman–Crippen MR) is 73.0 cm³/mol. The monoisotopic (exact) mass is 265 g/mol. The molecule has 1 aliphatic heterocycles. The van der Waals surface area contributed by atoms with Crippen molar-refractivity contribution in [3.63, 3.8) is 0 Å². The number of aryl methyl sites for hydroxylation is 1. The van der Waals surface area contributed by atoms with Crippen LogP contribution in [0.2, 0.25) is 0 Å². The van der Waals surface area contributed by atoms with Crippen LogP contribution < -0.4 is 5.01 Å². The molecular formula is C14H11N5O. The van der Waals surface area contributed by atoms with Gasteiger partial charge in [-0.2, -0.15) is 15.5 Å². The van der Waals surface area contributed by atoms with E-state index in [1.807, 2.05) is 19.3 Å². The smallest absolute Gasteiger partial charge is 0.253 e. The lowest BCUT2D eigenvalue weighted by atomic mass is 10.1. The summed E-state index contributed by atoms with van der Waals surface area (Å²) in [5.74, 6) is -0.0893. The molecule has 1 aromatic heterocycles. The highest BCUT2D eigenvalue weighted by atomic mass is 16.2. The molecule has 3 rings (SSSR count). The van der Waals surface area contributed by atoms with E-state index >= 15 is 0 Å². The maximum Gasteiger partial charge on any atom is 0.253 e. The summed E-state index contributed by atoms with van der Waals surface area (Å²) in [6.07, 6.45) is 3.77. The number of hydrogen-bond acceptors (Lipinski definition) is 4. The molecule has 20 heavy (non-hydrogen) atoms. The van der Waals surface area contributed by atoms with Gasteiger partial charge in [-0.1, -0.05) is 0 Å². The SMILES string of the molecule is Cn1cc(C2=NN(c3ccc(C#N)cc3)C(=O)C2)cn1. The van der Waals surface area contributed by atoms with Crippen molar-refractivity contribution >= 4 is 17.3 Å². The van der Waals surface area contributed by atoms with E-state index in [1.165, 1.54) is 5.01 Å². The topological polar surface area (TPSA) is 74.3 Å². The second kappa shape index (κ2) is 4.63. The standard InChI is InChI=1S/C14H11N5O/c1-18-9-11(8-16-18)13-6-14(20)19(17-13)12-4-2-10(7-15)3-5-12/h2-5,8-9H,6H2,1H3. The van der Waals surface area contributed by atoms with Crippen molar-refractivity contribution in [1.82, 2.24) is 9.78 Å². The van der Waals surface area contributed by atoms with Crippen LogP contribution in [0.25, 0.3) is 0 Å². The first-order chi connectivity index (χ1) is 9.67. The first-order valence-corrected chi connectivity index (χ1v) is 6.07. The summed E-state index contributed by atoms with van der Waals surface area (Å²) in [6, 6.07) is 8.81. The average Bonchev–Trinajstić information content (AvgIpc) is 3.05. The van der Waals surface area contributed by atoms with Gasteiger partial charge in [-0.3, -0.25) is 9.48 Å². The third-order valence-corrected chi connectivity index (χ3v) is 3.05. The van der Waals surface area contributed by atoms with Crippen LogP contribution in [0.1, 0.15) is 17.5 Å². The van der Waals surface area contributed by atoms with Gasteiger partial charge in [0.25, 0.3) is 5.91 Å². The molecule has 0 unspecified atom stereocenters. The highest BCUT2D eigenvalue weighted by Gasteiger charge is 2.26. The van der Waals surface area contributed by atoms with E-state index < -0.39 is 0 Å². The molecule has 0 fully saturated rings. The Morgan fingerprint density at radius 2 is 2.05 bits per heavy atom. The molecule has 0 bridgehead atoms. The van der Waals surface area contributed by atoms with Gasteiger partial charge in [-0.25, -0.2) is 5.01 Å². The van der Waals surface area contributed by atoms with E-state index in [4.69, 9.17) is 5.26 Å². The minimum absolute atomic E-state index is 0.0893. The van der Waals surface area contributed by atoms with Crippen molar-refractivity contribution < 1.29 is 4.79 Å². The van der Waals surface area contributed by atoms with E-state index in [0.717, 1.165) is 5.56 Å². The van der Waals surface area contributed by atoms with Crippen LogP contribution in [-0.4, -0.2) is 21.4 Å². The van der Waals surface area contributed by atoms with E-state index in [1.54, 1.807) is 35.1 Å². The molecule has 6 nitrogen and oxygen atoms in total. The molecule has 0 radical (unpaired) electrons. The molecule has 1 amide bonds. The van der Waals surface area contributed by atoms with Crippen molar-refractivity contribution in [1.29, 1.82) is 5.26 Å². The third-order valence-electron chi connectivity index (χ3n) is 3.05. The highest BCUT2D eigenvalue weighted by molar-refractivity contribution is 6.19. The zero-order chi connectivity index (χ0) is 14.1. The molecule has 0 saturated carbocycles. The second-order valence-electron chi connectivity index (χ2n) is 4.49. The highest BCUT2D eigenvalue weighted by Crippen LogP contribution is 2.22. The summed E-state index contributed by atoms with van der Waals surface area (Å²) in [5.41, 5.74) is 2.76. The Kier molecular flexibility index (Phi) is 2.80. The predicted octanol–water partition coefficient (Wildman–Crippen LogP) is 1.43. The molecule has 2 aromatic rings. The van der Waals surface area contributed by atoms with Crippen LogP contribution in [0.15, 0.2) is 41.8 Å². The number of hydrogen-bond donors (Lipinski definition) is 0. The molecule has 6 heteroatoms. The molecule has 0 atom stereocenters. The van der Waals surface area contributed by atoms with Gasteiger partial charge >= 0.3 is 0 Å². The van der Waals surface area contributed by atoms with Crippen LogP contribution in [-0.2, 0) is 11.8 Å². The van der Waals surface area contributed by atoms with Crippen LogP contribution in [0.3, 0.4) is 0 Å². The summed E-state index contributed by atoms with van der Waals surface area (Å²) < 4.78 is 1.67. The Morgan fingerprint density at radius 1 is 1.30 bits per heavy atom. The number of nitriles is 1. The lowest BCUT2D eigenvalue weighted by Crippen LogP contribution is -2.19. The number of amides is 1. The van der Waals surface area contributed by atoms with Crippen molar-refractivity contribution in [3.05, 3.63) is 47.8 Å². The number of rotatable bonds is 2. The summed E-state index contributed by atoms with van der Waals surface area (Å²) in [4.78, 5) is 12.0. The Morgan fingerprint density at radius 3 is 2.65 bits per heavy atom. The number of nitrogens with zero attached hydrogens (tertiary/aromatic N) is 5. The van der Waals surface area contributed by atoms with Crippen LogP contribution in [0, 0.1) is 11.3 Å². The lowest BCUT2D eigenvalue weighted by Gasteiger charge is -2.10. The fourth-order valence-corrected chi connectivity index (χ4v) is 2.04. The molecule has 98 valence electrons. The molecule has 0 saturated heterocycles. The van der Waals surface area contributed by atoms with E-state index in [9.17, 15) is 4.79 Å². The van der Waals surface area contributed by atoms with E-state index in [2.05, 4.69) is 10.2 Å². The van der Waals surface area contributed by atoms with Gasteiger partial charge in [0.2, 0.25) is 0 Å². The van der Waals surface area contributed by atoms with Gasteiger partial charge in [-0.15, -0.1) is 0 Å². The Labute approximate surface area is 115 Å². The van der Waals surface area contributed by atoms with E-state index in [0.29, 0.717) is 17.0 Å². The summed E-state index contributed by atoms with van der Waals surface area (Å²) in [6.45, 7) is 0. The second-order valence-corrected chi connectivity index (χ2v) is 4.49. The van der Waals surface area contributed by atoms with Crippen molar-refractivity contribution in [3.8, 4) is 6.07 Å². The Balaban J connectivity index is 1.92. The first-order valence-electron chi connectivity index (χ1n) is 6.07. The maximum atomic E-state index is 12.0. The zero-order valence-electron chi connectivity index (χ0n) is 10.8. The maximum absolute atomic E-state index is 12.0. The van der Waals surface area contributed by atoms with Gasteiger partial charge in [0, 0.05) is 18.8 Å². The molecule has 1 aliphatic rings. The van der Waals surface area contributed by atoms with E-state index in [-0.39, 0.29) is 12.3 Å². The fourth-order valence-electron chi connectivity index (χ4n) is 2.04. The zero-order valence-corrected chi connectivity index (χ0v) is 10.8. The summed E-state index contributed by atoms with van der Waals surface area (Å²) in [5, 5.41) is 18.6. The van der Waals surface area contributed by atoms with Crippen LogP contribution >= 0.6 is 0 Å². The molecule has 0 spiro atoms.